The van der Waals surface area contributed by atoms with Gasteiger partial charge in [0.05, 0.1) is 0 Å². The van der Waals surface area contributed by atoms with Crippen molar-refractivity contribution in [1.29, 1.82) is 5.26 Å². The monoisotopic (exact) mass is 390 g/mol. The third-order valence-electron chi connectivity index (χ3n) is 3.70. The zero-order valence-electron chi connectivity index (χ0n) is 13.8. The number of rotatable bonds is 4. The van der Waals surface area contributed by atoms with Gasteiger partial charge in [0.1, 0.15) is 11.1 Å². The van der Waals surface area contributed by atoms with Crippen LogP contribution in [0.2, 0.25) is 5.02 Å². The summed E-state index contributed by atoms with van der Waals surface area (Å²) >= 11 is 7.36. The minimum Gasteiger partial charge on any atom is -0.270 e. The molecule has 6 nitrogen and oxygen atoms in total. The van der Waals surface area contributed by atoms with Crippen LogP contribution in [-0.4, -0.2) is 25.0 Å². The molecule has 0 N–H and O–H groups in total. The predicted molar refractivity (Wildman–Crippen MR) is 103 cm³/mol. The molecule has 130 valence electrons. The lowest BCUT2D eigenvalue weighted by Crippen LogP contribution is -2.00. The second kappa shape index (κ2) is 7.58. The predicted octanol–water partition coefficient (Wildman–Crippen LogP) is 4.40. The molecule has 0 spiro atoms. The van der Waals surface area contributed by atoms with Crippen molar-refractivity contribution >= 4 is 23.4 Å². The van der Waals surface area contributed by atoms with E-state index in [9.17, 15) is 0 Å². The largest absolute Gasteiger partial charge is 0.270 e. The number of nitrogens with zero attached hydrogens (tertiary/aromatic N) is 6. The molecular weight excluding hydrogens is 380 g/mol. The van der Waals surface area contributed by atoms with Crippen LogP contribution >= 0.6 is 23.4 Å². The Morgan fingerprint density at radius 2 is 1.63 bits per heavy atom. The molecule has 0 bridgehead atoms. The fraction of sp³-hybridized carbons (Fsp3) is 0. The van der Waals surface area contributed by atoms with Crippen molar-refractivity contribution in [2.45, 2.75) is 10.2 Å². The van der Waals surface area contributed by atoms with Crippen LogP contribution in [0.25, 0.3) is 17.1 Å². The molecule has 0 aliphatic heterocycles. The summed E-state index contributed by atoms with van der Waals surface area (Å²) < 4.78 is 1.94. The molecule has 0 aliphatic carbocycles. The van der Waals surface area contributed by atoms with Gasteiger partial charge < -0.3 is 0 Å². The molecule has 8 heteroatoms. The van der Waals surface area contributed by atoms with Crippen molar-refractivity contribution < 1.29 is 0 Å². The first-order valence-corrected chi connectivity index (χ1v) is 9.12. The van der Waals surface area contributed by atoms with E-state index in [2.05, 4.69) is 20.4 Å². The van der Waals surface area contributed by atoms with Crippen LogP contribution in [0.15, 0.2) is 76.9 Å². The highest BCUT2D eigenvalue weighted by molar-refractivity contribution is 7.99. The van der Waals surface area contributed by atoms with Gasteiger partial charge in [-0.25, -0.2) is 0 Å². The molecule has 0 unspecified atom stereocenters. The topological polar surface area (TPSA) is 80.3 Å². The Hall–Kier alpha value is -3.21. The lowest BCUT2D eigenvalue weighted by atomic mass is 10.2. The van der Waals surface area contributed by atoms with Gasteiger partial charge in [-0.05, 0) is 48.2 Å². The third kappa shape index (κ3) is 3.67. The summed E-state index contributed by atoms with van der Waals surface area (Å²) in [7, 11) is 0. The maximum Gasteiger partial charge on any atom is 0.202 e. The number of hydrogen-bond acceptors (Lipinski definition) is 6. The van der Waals surface area contributed by atoms with E-state index >= 15 is 0 Å². The van der Waals surface area contributed by atoms with E-state index in [1.54, 1.807) is 12.1 Å². The first-order valence-electron chi connectivity index (χ1n) is 7.93. The zero-order valence-corrected chi connectivity index (χ0v) is 15.4. The van der Waals surface area contributed by atoms with Gasteiger partial charge >= 0.3 is 0 Å². The Labute approximate surface area is 164 Å². The summed E-state index contributed by atoms with van der Waals surface area (Å²) in [6.07, 6.45) is 0. The third-order valence-corrected chi connectivity index (χ3v) is 4.83. The number of aromatic nitrogens is 5. The Balaban J connectivity index is 1.80. The summed E-state index contributed by atoms with van der Waals surface area (Å²) in [4.78, 5) is 0. The van der Waals surface area contributed by atoms with Crippen molar-refractivity contribution in [2.75, 3.05) is 0 Å². The van der Waals surface area contributed by atoms with Gasteiger partial charge in [0.15, 0.2) is 11.5 Å². The summed E-state index contributed by atoms with van der Waals surface area (Å²) in [5.41, 5.74) is 2.09. The van der Waals surface area contributed by atoms with E-state index in [1.807, 2.05) is 65.2 Å². The van der Waals surface area contributed by atoms with Gasteiger partial charge in [0.25, 0.3) is 0 Å². The number of benzene rings is 2. The smallest absolute Gasteiger partial charge is 0.202 e. The average molecular weight is 391 g/mol. The van der Waals surface area contributed by atoms with Gasteiger partial charge in [-0.15, -0.1) is 20.4 Å². The molecule has 0 saturated carbocycles. The fourth-order valence-corrected chi connectivity index (χ4v) is 3.36. The van der Waals surface area contributed by atoms with Crippen molar-refractivity contribution in [3.8, 4) is 23.1 Å². The van der Waals surface area contributed by atoms with Gasteiger partial charge in [0, 0.05) is 16.3 Å². The van der Waals surface area contributed by atoms with Crippen molar-refractivity contribution in [3.63, 3.8) is 0 Å². The first kappa shape index (κ1) is 17.2. The zero-order chi connectivity index (χ0) is 18.6. The highest BCUT2D eigenvalue weighted by Gasteiger charge is 2.17. The second-order valence-electron chi connectivity index (χ2n) is 5.45. The standard InChI is InChI=1S/C19H11ClN6S/c20-14-6-9-16(10-7-14)26-18(13-4-2-1-3-5-13)24-25-19(26)27-17-11-8-15(12-21)22-23-17/h1-11H. The SMILES string of the molecule is N#Cc1ccc(Sc2nnc(-c3ccccc3)n2-c2ccc(Cl)cc2)nn1. The summed E-state index contributed by atoms with van der Waals surface area (Å²) in [5, 5.41) is 27.4. The molecule has 27 heavy (non-hydrogen) atoms. The van der Waals surface area contributed by atoms with Crippen LogP contribution in [-0.2, 0) is 0 Å². The summed E-state index contributed by atoms with van der Waals surface area (Å²) in [6.45, 7) is 0. The number of halogens is 1. The molecular formula is C19H11ClN6S. The van der Waals surface area contributed by atoms with Crippen LogP contribution in [0.4, 0.5) is 0 Å². The lowest BCUT2D eigenvalue weighted by molar-refractivity contribution is 0.868. The quantitative estimate of drug-likeness (QED) is 0.513. The molecule has 0 radical (unpaired) electrons. The van der Waals surface area contributed by atoms with Crippen LogP contribution in [0, 0.1) is 11.3 Å². The van der Waals surface area contributed by atoms with E-state index in [1.165, 1.54) is 11.8 Å². The minimum absolute atomic E-state index is 0.267. The molecule has 0 saturated heterocycles. The van der Waals surface area contributed by atoms with E-state index in [0.717, 1.165) is 11.3 Å². The fourth-order valence-electron chi connectivity index (χ4n) is 2.46. The maximum absolute atomic E-state index is 8.87. The van der Waals surface area contributed by atoms with Crippen LogP contribution in [0.5, 0.6) is 0 Å². The molecule has 2 heterocycles. The van der Waals surface area contributed by atoms with E-state index < -0.39 is 0 Å². The molecule has 4 rings (SSSR count). The van der Waals surface area contributed by atoms with Gasteiger partial charge in [-0.2, -0.15) is 5.26 Å². The number of nitriles is 1. The molecule has 2 aromatic heterocycles. The normalized spacial score (nSPS) is 10.5. The number of hydrogen-bond donors (Lipinski definition) is 0. The Morgan fingerprint density at radius 3 is 2.30 bits per heavy atom. The van der Waals surface area contributed by atoms with Gasteiger partial charge in [-0.3, -0.25) is 4.57 Å². The maximum atomic E-state index is 8.87. The molecule has 2 aromatic carbocycles. The van der Waals surface area contributed by atoms with Crippen molar-refractivity contribution in [2.24, 2.45) is 0 Å². The second-order valence-corrected chi connectivity index (χ2v) is 6.88. The van der Waals surface area contributed by atoms with Crippen molar-refractivity contribution in [1.82, 2.24) is 25.0 Å². The van der Waals surface area contributed by atoms with Crippen LogP contribution in [0.1, 0.15) is 5.69 Å². The first-order chi connectivity index (χ1) is 13.2. The molecule has 4 aromatic rings. The van der Waals surface area contributed by atoms with Gasteiger partial charge in [0.2, 0.25) is 5.16 Å². The average Bonchev–Trinajstić information content (AvgIpc) is 3.13. The summed E-state index contributed by atoms with van der Waals surface area (Å²) in [5.74, 6) is 0.710. The van der Waals surface area contributed by atoms with Gasteiger partial charge in [-0.1, -0.05) is 41.9 Å². The molecule has 0 amide bonds. The highest BCUT2D eigenvalue weighted by Crippen LogP contribution is 2.31. The van der Waals surface area contributed by atoms with Crippen LogP contribution in [0.3, 0.4) is 0 Å². The molecule has 0 aliphatic rings. The van der Waals surface area contributed by atoms with Crippen LogP contribution < -0.4 is 0 Å². The van der Waals surface area contributed by atoms with Crippen molar-refractivity contribution in [3.05, 3.63) is 77.4 Å². The molecule has 0 atom stereocenters. The van der Waals surface area contributed by atoms with E-state index in [0.29, 0.717) is 21.0 Å². The Morgan fingerprint density at radius 1 is 0.852 bits per heavy atom. The Kier molecular flexibility index (Phi) is 4.83. The minimum atomic E-state index is 0.267. The van der Waals surface area contributed by atoms with E-state index in [4.69, 9.17) is 16.9 Å². The molecule has 0 fully saturated rings. The summed E-state index contributed by atoms with van der Waals surface area (Å²) in [6, 6.07) is 22.6. The lowest BCUT2D eigenvalue weighted by Gasteiger charge is -2.10. The Bertz CT molecular complexity index is 1100. The highest BCUT2D eigenvalue weighted by atomic mass is 35.5. The van der Waals surface area contributed by atoms with E-state index in [-0.39, 0.29) is 5.69 Å².